The molecule has 0 aromatic carbocycles. The zero-order valence-electron chi connectivity index (χ0n) is 13.8. The van der Waals surface area contributed by atoms with E-state index in [-0.39, 0.29) is 5.91 Å². The van der Waals surface area contributed by atoms with Crippen LogP contribution in [0.15, 0.2) is 17.8 Å². The first kappa shape index (κ1) is 16.2. The molecule has 1 atom stereocenters. The smallest absolute Gasteiger partial charge is 0.273 e. The van der Waals surface area contributed by atoms with Crippen molar-refractivity contribution in [1.29, 1.82) is 0 Å². The first-order valence-electron chi connectivity index (χ1n) is 8.88. The standard InChI is InChI=1S/C17H27N5O/c23-17(19-10-8-14-5-2-1-3-6-14)16-13-22(21-20-16)12-15-7-4-9-18-11-15/h5,13,15,18H,1-4,6-12H2,(H,19,23)/t15-/m0/s1. The lowest BCUT2D eigenvalue weighted by atomic mass is 9.97. The largest absolute Gasteiger partial charge is 0.350 e. The molecule has 0 radical (unpaired) electrons. The van der Waals surface area contributed by atoms with E-state index in [0.717, 1.165) is 26.1 Å². The van der Waals surface area contributed by atoms with E-state index in [0.29, 0.717) is 18.2 Å². The summed E-state index contributed by atoms with van der Waals surface area (Å²) in [5.74, 6) is 0.467. The molecule has 1 aliphatic heterocycles. The van der Waals surface area contributed by atoms with Gasteiger partial charge in [0.25, 0.3) is 5.91 Å². The number of hydrogen-bond donors (Lipinski definition) is 2. The number of nitrogens with one attached hydrogen (secondary N) is 2. The highest BCUT2D eigenvalue weighted by atomic mass is 16.2. The Bertz CT molecular complexity index is 545. The van der Waals surface area contributed by atoms with E-state index in [1.165, 1.54) is 44.1 Å². The van der Waals surface area contributed by atoms with Crippen LogP contribution in [0.25, 0.3) is 0 Å². The quantitative estimate of drug-likeness (QED) is 0.786. The van der Waals surface area contributed by atoms with Gasteiger partial charge in [-0.15, -0.1) is 5.10 Å². The van der Waals surface area contributed by atoms with E-state index >= 15 is 0 Å². The molecule has 3 rings (SSSR count). The first-order valence-corrected chi connectivity index (χ1v) is 8.88. The van der Waals surface area contributed by atoms with E-state index in [2.05, 4.69) is 27.0 Å². The number of piperidine rings is 1. The average Bonchev–Trinajstić information content (AvgIpc) is 3.05. The molecule has 2 heterocycles. The number of amides is 1. The van der Waals surface area contributed by atoms with Crippen molar-refractivity contribution in [2.45, 2.75) is 51.5 Å². The molecule has 1 aliphatic carbocycles. The predicted molar refractivity (Wildman–Crippen MR) is 89.1 cm³/mol. The Kier molecular flexibility index (Phi) is 5.80. The van der Waals surface area contributed by atoms with Crippen LogP contribution in [0, 0.1) is 5.92 Å². The first-order chi connectivity index (χ1) is 11.3. The molecule has 1 aromatic rings. The van der Waals surface area contributed by atoms with Crippen LogP contribution in [0.1, 0.15) is 55.4 Å². The van der Waals surface area contributed by atoms with Gasteiger partial charge in [-0.25, -0.2) is 0 Å². The number of aromatic nitrogens is 3. The Morgan fingerprint density at radius 2 is 2.35 bits per heavy atom. The molecule has 0 spiro atoms. The summed E-state index contributed by atoms with van der Waals surface area (Å²) in [7, 11) is 0. The minimum atomic E-state index is -0.116. The van der Waals surface area contributed by atoms with Gasteiger partial charge in [0.2, 0.25) is 0 Å². The van der Waals surface area contributed by atoms with E-state index in [4.69, 9.17) is 0 Å². The van der Waals surface area contributed by atoms with Gasteiger partial charge in [0.1, 0.15) is 0 Å². The van der Waals surface area contributed by atoms with E-state index in [9.17, 15) is 4.79 Å². The number of carbonyl (C=O) groups excluding carboxylic acids is 1. The van der Waals surface area contributed by atoms with E-state index in [1.807, 2.05) is 0 Å². The summed E-state index contributed by atoms with van der Waals surface area (Å²) in [5, 5.41) is 14.5. The van der Waals surface area contributed by atoms with Crippen molar-refractivity contribution in [1.82, 2.24) is 25.6 Å². The maximum Gasteiger partial charge on any atom is 0.273 e. The lowest BCUT2D eigenvalue weighted by Gasteiger charge is -2.22. The van der Waals surface area contributed by atoms with Gasteiger partial charge in [-0.05, 0) is 64.0 Å². The van der Waals surface area contributed by atoms with Crippen LogP contribution in [-0.4, -0.2) is 40.5 Å². The number of hydrogen-bond acceptors (Lipinski definition) is 4. The van der Waals surface area contributed by atoms with Gasteiger partial charge >= 0.3 is 0 Å². The highest BCUT2D eigenvalue weighted by molar-refractivity contribution is 5.91. The Hall–Kier alpha value is -1.69. The lowest BCUT2D eigenvalue weighted by Crippen LogP contribution is -2.32. The molecule has 2 N–H and O–H groups in total. The maximum absolute atomic E-state index is 12.1. The van der Waals surface area contributed by atoms with Gasteiger partial charge in [0.05, 0.1) is 6.20 Å². The topological polar surface area (TPSA) is 71.8 Å². The van der Waals surface area contributed by atoms with Crippen LogP contribution >= 0.6 is 0 Å². The molecule has 0 unspecified atom stereocenters. The SMILES string of the molecule is O=C(NCCC1=CCCCC1)c1cn(C[C@H]2CCCNC2)nn1. The van der Waals surface area contributed by atoms with Crippen molar-refractivity contribution in [2.75, 3.05) is 19.6 Å². The van der Waals surface area contributed by atoms with Crippen molar-refractivity contribution in [3.63, 3.8) is 0 Å². The number of allylic oxidation sites excluding steroid dienone is 1. The van der Waals surface area contributed by atoms with Crippen molar-refractivity contribution in [3.8, 4) is 0 Å². The molecule has 1 amide bonds. The molecule has 2 aliphatic rings. The van der Waals surface area contributed by atoms with Crippen LogP contribution < -0.4 is 10.6 Å². The van der Waals surface area contributed by atoms with Gasteiger partial charge < -0.3 is 10.6 Å². The van der Waals surface area contributed by atoms with E-state index < -0.39 is 0 Å². The highest BCUT2D eigenvalue weighted by Gasteiger charge is 2.16. The Balaban J connectivity index is 1.43. The van der Waals surface area contributed by atoms with Crippen molar-refractivity contribution in [2.24, 2.45) is 5.92 Å². The summed E-state index contributed by atoms with van der Waals surface area (Å²) < 4.78 is 1.80. The fraction of sp³-hybridized carbons (Fsp3) is 0.706. The number of rotatable bonds is 6. The van der Waals surface area contributed by atoms with Crippen LogP contribution in [0.5, 0.6) is 0 Å². The molecule has 6 nitrogen and oxygen atoms in total. The summed E-state index contributed by atoms with van der Waals surface area (Å²) in [4.78, 5) is 12.1. The van der Waals surface area contributed by atoms with Gasteiger partial charge in [0.15, 0.2) is 5.69 Å². The summed E-state index contributed by atoms with van der Waals surface area (Å²) in [5.41, 5.74) is 1.90. The predicted octanol–water partition coefficient (Wildman–Crippen LogP) is 1.90. The number of nitrogens with zero attached hydrogens (tertiary/aromatic N) is 3. The molecule has 23 heavy (non-hydrogen) atoms. The monoisotopic (exact) mass is 317 g/mol. The third-order valence-corrected chi connectivity index (χ3v) is 4.73. The van der Waals surface area contributed by atoms with Crippen molar-refractivity contribution in [3.05, 3.63) is 23.5 Å². The molecule has 1 saturated heterocycles. The summed E-state index contributed by atoms with van der Waals surface area (Å²) >= 11 is 0. The molecular weight excluding hydrogens is 290 g/mol. The highest BCUT2D eigenvalue weighted by Crippen LogP contribution is 2.19. The minimum absolute atomic E-state index is 0.116. The summed E-state index contributed by atoms with van der Waals surface area (Å²) in [6.07, 6.45) is 12.4. The normalized spacial score (nSPS) is 21.7. The van der Waals surface area contributed by atoms with Crippen molar-refractivity contribution >= 4 is 5.91 Å². The Morgan fingerprint density at radius 1 is 1.39 bits per heavy atom. The maximum atomic E-state index is 12.1. The van der Waals surface area contributed by atoms with Crippen LogP contribution in [-0.2, 0) is 6.54 Å². The lowest BCUT2D eigenvalue weighted by molar-refractivity contribution is 0.0949. The summed E-state index contributed by atoms with van der Waals surface area (Å²) in [6.45, 7) is 3.65. The Morgan fingerprint density at radius 3 is 3.13 bits per heavy atom. The second-order valence-electron chi connectivity index (χ2n) is 6.65. The third kappa shape index (κ3) is 4.89. The Labute approximate surface area is 137 Å². The molecule has 1 aromatic heterocycles. The molecule has 1 fully saturated rings. The van der Waals surface area contributed by atoms with E-state index in [1.54, 1.807) is 10.9 Å². The summed E-state index contributed by atoms with van der Waals surface area (Å²) in [6, 6.07) is 0. The minimum Gasteiger partial charge on any atom is -0.350 e. The van der Waals surface area contributed by atoms with Gasteiger partial charge in [-0.2, -0.15) is 0 Å². The zero-order valence-corrected chi connectivity index (χ0v) is 13.8. The van der Waals surface area contributed by atoms with Gasteiger partial charge in [-0.3, -0.25) is 9.48 Å². The van der Waals surface area contributed by atoms with Crippen LogP contribution in [0.4, 0.5) is 0 Å². The molecule has 6 heteroatoms. The number of carbonyl (C=O) groups is 1. The fourth-order valence-electron chi connectivity index (χ4n) is 3.39. The van der Waals surface area contributed by atoms with Gasteiger partial charge in [-0.1, -0.05) is 16.9 Å². The van der Waals surface area contributed by atoms with Crippen molar-refractivity contribution < 1.29 is 4.79 Å². The third-order valence-electron chi connectivity index (χ3n) is 4.73. The molecular formula is C17H27N5O. The molecule has 0 bridgehead atoms. The van der Waals surface area contributed by atoms with Crippen LogP contribution in [0.2, 0.25) is 0 Å². The fourth-order valence-corrected chi connectivity index (χ4v) is 3.39. The molecule has 0 saturated carbocycles. The second kappa shape index (κ2) is 8.24. The molecule has 126 valence electrons. The van der Waals surface area contributed by atoms with Gasteiger partial charge in [0, 0.05) is 13.1 Å². The second-order valence-corrected chi connectivity index (χ2v) is 6.65. The average molecular weight is 317 g/mol. The zero-order chi connectivity index (χ0) is 15.9. The van der Waals surface area contributed by atoms with Crippen LogP contribution in [0.3, 0.4) is 0 Å².